The summed E-state index contributed by atoms with van der Waals surface area (Å²) in [6.45, 7) is 0.463. The van der Waals surface area contributed by atoms with Gasteiger partial charge >= 0.3 is 0 Å². The summed E-state index contributed by atoms with van der Waals surface area (Å²) >= 11 is 6.80. The van der Waals surface area contributed by atoms with Crippen LogP contribution in [0.2, 0.25) is 4.34 Å². The highest BCUT2D eigenvalue weighted by atomic mass is 35.5. The Balaban J connectivity index is 1.72. The van der Waals surface area contributed by atoms with Gasteiger partial charge in [-0.2, -0.15) is 0 Å². The van der Waals surface area contributed by atoms with Gasteiger partial charge in [0.15, 0.2) is 19.7 Å². The van der Waals surface area contributed by atoms with Crippen LogP contribution in [0.4, 0.5) is 0 Å². The summed E-state index contributed by atoms with van der Waals surface area (Å²) in [5.74, 6) is 0.182. The first-order valence-corrected chi connectivity index (χ1v) is 12.8. The molecule has 0 bridgehead atoms. The number of rotatable bonds is 7. The zero-order valence-electron chi connectivity index (χ0n) is 14.6. The third-order valence-electron chi connectivity index (χ3n) is 4.48. The highest BCUT2D eigenvalue weighted by molar-refractivity contribution is 7.97. The molecule has 0 radical (unpaired) electrons. The smallest absolute Gasteiger partial charge is 0.193 e. The molecule has 2 atom stereocenters. The van der Waals surface area contributed by atoms with E-state index < -0.39 is 31.0 Å². The minimum absolute atomic E-state index is 0.106. The van der Waals surface area contributed by atoms with Crippen LogP contribution in [0.3, 0.4) is 0 Å². The van der Waals surface area contributed by atoms with E-state index in [-0.39, 0.29) is 15.7 Å². The number of halogens is 1. The molecule has 1 aromatic carbocycles. The monoisotopic (exact) mass is 449 g/mol. The molecule has 1 fully saturated rings. The van der Waals surface area contributed by atoms with E-state index in [4.69, 9.17) is 16.3 Å². The summed E-state index contributed by atoms with van der Waals surface area (Å²) < 4.78 is 55.7. The van der Waals surface area contributed by atoms with Crippen molar-refractivity contribution in [3.63, 3.8) is 0 Å². The molecule has 1 aromatic heterocycles. The molecule has 1 aliphatic heterocycles. The second-order valence-corrected chi connectivity index (χ2v) is 12.6. The van der Waals surface area contributed by atoms with Crippen LogP contribution in [-0.4, -0.2) is 53.3 Å². The van der Waals surface area contributed by atoms with Gasteiger partial charge in [0.25, 0.3) is 0 Å². The maximum Gasteiger partial charge on any atom is 0.193 e. The van der Waals surface area contributed by atoms with E-state index in [1.54, 1.807) is 7.11 Å². The SMILES string of the molecule is COc1cccc(CCN[C@H]2CS(=O)(=O)C[C@@H]2S(=O)(=O)c2ccc(Cl)s2)c1. The Bertz CT molecular complexity index is 1020. The quantitative estimate of drug-likeness (QED) is 0.696. The Kier molecular flexibility index (Phi) is 6.17. The van der Waals surface area contributed by atoms with Crippen LogP contribution < -0.4 is 10.1 Å². The second kappa shape index (κ2) is 8.08. The number of hydrogen-bond acceptors (Lipinski definition) is 7. The third kappa shape index (κ3) is 4.83. The van der Waals surface area contributed by atoms with Crippen LogP contribution in [-0.2, 0) is 26.1 Å². The fourth-order valence-electron chi connectivity index (χ4n) is 3.14. The fraction of sp³-hybridized carbons (Fsp3) is 0.412. The minimum Gasteiger partial charge on any atom is -0.497 e. The lowest BCUT2D eigenvalue weighted by Gasteiger charge is -2.19. The highest BCUT2D eigenvalue weighted by Crippen LogP contribution is 2.32. The van der Waals surface area contributed by atoms with Gasteiger partial charge in [-0.3, -0.25) is 0 Å². The molecule has 0 saturated carbocycles. The summed E-state index contributed by atoms with van der Waals surface area (Å²) in [5.41, 5.74) is 1.02. The van der Waals surface area contributed by atoms with Gasteiger partial charge in [-0.1, -0.05) is 23.7 Å². The van der Waals surface area contributed by atoms with Crippen molar-refractivity contribution in [3.05, 3.63) is 46.3 Å². The maximum absolute atomic E-state index is 12.9. The lowest BCUT2D eigenvalue weighted by molar-refractivity contribution is 0.414. The summed E-state index contributed by atoms with van der Waals surface area (Å²) in [4.78, 5) is 0. The second-order valence-electron chi connectivity index (χ2n) is 6.38. The molecule has 1 aliphatic rings. The number of nitrogens with one attached hydrogen (secondary N) is 1. The molecule has 6 nitrogen and oxygen atoms in total. The average Bonchev–Trinajstić information content (AvgIpc) is 3.19. The molecular formula is C17H20ClNO5S3. The first-order chi connectivity index (χ1) is 12.7. The van der Waals surface area contributed by atoms with E-state index in [0.717, 1.165) is 22.6 Å². The Morgan fingerprint density at radius 3 is 2.70 bits per heavy atom. The molecule has 3 rings (SSSR count). The van der Waals surface area contributed by atoms with Gasteiger partial charge in [0.2, 0.25) is 0 Å². The van der Waals surface area contributed by atoms with Crippen LogP contribution >= 0.6 is 22.9 Å². The number of hydrogen-bond donors (Lipinski definition) is 1. The molecule has 10 heteroatoms. The average molecular weight is 450 g/mol. The van der Waals surface area contributed by atoms with E-state index in [2.05, 4.69) is 5.32 Å². The van der Waals surface area contributed by atoms with Crippen LogP contribution in [0.15, 0.2) is 40.6 Å². The predicted molar refractivity (Wildman–Crippen MR) is 107 cm³/mol. The largest absolute Gasteiger partial charge is 0.497 e. The van der Waals surface area contributed by atoms with E-state index in [1.165, 1.54) is 12.1 Å². The zero-order valence-corrected chi connectivity index (χ0v) is 17.8. The maximum atomic E-state index is 12.9. The summed E-state index contributed by atoms with van der Waals surface area (Å²) in [6, 6.07) is 9.85. The van der Waals surface area contributed by atoms with E-state index in [1.807, 2.05) is 24.3 Å². The number of ether oxygens (including phenoxy) is 1. The van der Waals surface area contributed by atoms with Crippen molar-refractivity contribution in [2.24, 2.45) is 0 Å². The summed E-state index contributed by atoms with van der Waals surface area (Å²) in [5, 5.41) is 2.12. The molecule has 148 valence electrons. The molecule has 27 heavy (non-hydrogen) atoms. The predicted octanol–water partition coefficient (Wildman–Crippen LogP) is 2.18. The Morgan fingerprint density at radius 1 is 1.26 bits per heavy atom. The molecule has 0 spiro atoms. The Hall–Kier alpha value is -1.13. The van der Waals surface area contributed by atoms with E-state index in [9.17, 15) is 16.8 Å². The standard InChI is InChI=1S/C17H20ClNO5S3/c1-24-13-4-2-3-12(9-13)7-8-19-14-10-26(20,21)11-15(14)27(22,23)17-6-5-16(18)25-17/h2-6,9,14-15,19H,7-8,10-11H2,1H3/t14-,15-/m0/s1. The minimum atomic E-state index is -3.77. The van der Waals surface area contributed by atoms with Crippen molar-refractivity contribution in [2.75, 3.05) is 25.2 Å². The molecule has 2 aromatic rings. The van der Waals surface area contributed by atoms with Gasteiger partial charge in [-0.25, -0.2) is 16.8 Å². The van der Waals surface area contributed by atoms with Crippen LogP contribution in [0.5, 0.6) is 5.75 Å². The topological polar surface area (TPSA) is 89.5 Å². The first-order valence-electron chi connectivity index (χ1n) is 8.27. The van der Waals surface area contributed by atoms with Gasteiger partial charge in [-0.05, 0) is 42.8 Å². The van der Waals surface area contributed by atoms with Gasteiger partial charge in [0.05, 0.1) is 28.2 Å². The van der Waals surface area contributed by atoms with Crippen LogP contribution in [0, 0.1) is 0 Å². The number of methoxy groups -OCH3 is 1. The van der Waals surface area contributed by atoms with Crippen molar-refractivity contribution in [2.45, 2.75) is 21.9 Å². The normalized spacial score (nSPS) is 22.0. The van der Waals surface area contributed by atoms with Crippen molar-refractivity contribution in [1.29, 1.82) is 0 Å². The molecule has 0 aliphatic carbocycles. The fourth-order valence-corrected chi connectivity index (χ4v) is 9.57. The number of benzene rings is 1. The van der Waals surface area contributed by atoms with Crippen molar-refractivity contribution in [1.82, 2.24) is 5.32 Å². The van der Waals surface area contributed by atoms with E-state index >= 15 is 0 Å². The first kappa shape index (κ1) is 20.6. The molecule has 0 amide bonds. The van der Waals surface area contributed by atoms with Gasteiger partial charge in [-0.15, -0.1) is 11.3 Å². The molecule has 0 unspecified atom stereocenters. The van der Waals surface area contributed by atoms with Gasteiger partial charge < -0.3 is 10.1 Å². The highest BCUT2D eigenvalue weighted by Gasteiger charge is 2.46. The zero-order chi connectivity index (χ0) is 19.7. The Labute approximate surface area is 168 Å². The van der Waals surface area contributed by atoms with Crippen molar-refractivity contribution >= 4 is 42.6 Å². The molecule has 1 saturated heterocycles. The molecular weight excluding hydrogens is 430 g/mol. The van der Waals surface area contributed by atoms with Gasteiger partial charge in [0, 0.05) is 6.04 Å². The Morgan fingerprint density at radius 2 is 2.04 bits per heavy atom. The molecule has 2 heterocycles. The lowest BCUT2D eigenvalue weighted by atomic mass is 10.1. The van der Waals surface area contributed by atoms with Crippen LogP contribution in [0.1, 0.15) is 5.56 Å². The summed E-state index contributed by atoms with van der Waals surface area (Å²) in [7, 11) is -5.61. The van der Waals surface area contributed by atoms with Gasteiger partial charge in [0.1, 0.15) is 9.96 Å². The van der Waals surface area contributed by atoms with E-state index in [0.29, 0.717) is 17.3 Å². The molecule has 1 N–H and O–H groups in total. The number of sulfone groups is 2. The summed E-state index contributed by atoms with van der Waals surface area (Å²) in [6.07, 6.45) is 0.630. The van der Waals surface area contributed by atoms with Crippen molar-refractivity contribution < 1.29 is 21.6 Å². The third-order valence-corrected chi connectivity index (χ3v) is 10.4. The number of thiophene rings is 1. The lowest BCUT2D eigenvalue weighted by Crippen LogP contribution is -2.43. The van der Waals surface area contributed by atoms with Crippen molar-refractivity contribution in [3.8, 4) is 5.75 Å². The van der Waals surface area contributed by atoms with Crippen LogP contribution in [0.25, 0.3) is 0 Å².